The maximum Gasteiger partial charge on any atom is 0.230 e. The number of nitrogens with two attached hydrogens (primary N) is 1. The van der Waals surface area contributed by atoms with Crippen LogP contribution in [0.25, 0.3) is 0 Å². The molecule has 2 aliphatic rings. The molecule has 1 aliphatic carbocycles. The van der Waals surface area contributed by atoms with Gasteiger partial charge in [0, 0.05) is 25.4 Å². The topological polar surface area (TPSA) is 76.3 Å². The fourth-order valence-electron chi connectivity index (χ4n) is 2.74. The van der Waals surface area contributed by atoms with E-state index in [9.17, 15) is 9.59 Å². The molecular formula is C13H17N3O2S. The summed E-state index contributed by atoms with van der Waals surface area (Å²) in [6, 6.07) is -0.124. The molecule has 1 amide bonds. The summed E-state index contributed by atoms with van der Waals surface area (Å²) in [5.74, 6) is 0.149. The lowest BCUT2D eigenvalue weighted by Crippen LogP contribution is -2.28. The van der Waals surface area contributed by atoms with Crippen LogP contribution in [0.2, 0.25) is 0 Å². The van der Waals surface area contributed by atoms with Crippen molar-refractivity contribution in [3.63, 3.8) is 0 Å². The van der Waals surface area contributed by atoms with Gasteiger partial charge in [-0.1, -0.05) is 25.2 Å². The normalized spacial score (nSPS) is 25.8. The first-order valence-corrected chi connectivity index (χ1v) is 7.26. The number of aromatic nitrogens is 1. The Morgan fingerprint density at radius 1 is 1.37 bits per heavy atom. The molecule has 2 heterocycles. The number of hydrogen-bond acceptors (Lipinski definition) is 5. The van der Waals surface area contributed by atoms with Gasteiger partial charge >= 0.3 is 0 Å². The number of anilines is 1. The van der Waals surface area contributed by atoms with Crippen molar-refractivity contribution in [2.24, 2.45) is 11.1 Å². The molecule has 1 saturated heterocycles. The molecule has 0 saturated carbocycles. The lowest BCUT2D eigenvalue weighted by molar-refractivity contribution is -0.117. The summed E-state index contributed by atoms with van der Waals surface area (Å²) in [5.41, 5.74) is 6.59. The number of amides is 1. The van der Waals surface area contributed by atoms with Gasteiger partial charge in [0.1, 0.15) is 0 Å². The highest BCUT2D eigenvalue weighted by molar-refractivity contribution is 7.17. The Balaban J connectivity index is 1.95. The number of carbonyl (C=O) groups is 2. The Hall–Kier alpha value is -1.27. The Bertz CT molecular complexity index is 564. The third-order valence-electron chi connectivity index (χ3n) is 3.61. The molecule has 0 radical (unpaired) electrons. The van der Waals surface area contributed by atoms with E-state index in [1.165, 1.54) is 11.3 Å². The Kier molecular flexibility index (Phi) is 2.76. The summed E-state index contributed by atoms with van der Waals surface area (Å²) in [7, 11) is 0. The highest BCUT2D eigenvalue weighted by Crippen LogP contribution is 2.39. The summed E-state index contributed by atoms with van der Waals surface area (Å²) in [6.07, 6.45) is 1.71. The second-order valence-corrected chi connectivity index (χ2v) is 7.16. The molecule has 1 atom stereocenters. The standard InChI is InChI=1S/C13H17N3O2S/c1-13(2)4-8-11(9(17)5-13)19-12(15-8)16-6-7(14)3-10(16)18/h7H,3-6,14H2,1-2H3. The van der Waals surface area contributed by atoms with Crippen LogP contribution in [0.3, 0.4) is 0 Å². The quantitative estimate of drug-likeness (QED) is 0.842. The second-order valence-electron chi connectivity index (χ2n) is 6.18. The molecule has 0 aromatic carbocycles. The van der Waals surface area contributed by atoms with Crippen LogP contribution >= 0.6 is 11.3 Å². The van der Waals surface area contributed by atoms with E-state index in [-0.39, 0.29) is 23.1 Å². The molecule has 19 heavy (non-hydrogen) atoms. The third kappa shape index (κ3) is 2.19. The molecule has 1 aliphatic heterocycles. The average Bonchev–Trinajstić information content (AvgIpc) is 2.80. The summed E-state index contributed by atoms with van der Waals surface area (Å²) in [6.45, 7) is 4.65. The van der Waals surface area contributed by atoms with Gasteiger partial charge < -0.3 is 5.73 Å². The van der Waals surface area contributed by atoms with E-state index < -0.39 is 0 Å². The maximum absolute atomic E-state index is 12.1. The van der Waals surface area contributed by atoms with Crippen LogP contribution in [0.1, 0.15) is 42.1 Å². The van der Waals surface area contributed by atoms with Gasteiger partial charge in [0.15, 0.2) is 10.9 Å². The van der Waals surface area contributed by atoms with Gasteiger partial charge in [-0.15, -0.1) is 0 Å². The number of nitrogens with zero attached hydrogens (tertiary/aromatic N) is 2. The van der Waals surface area contributed by atoms with Crippen molar-refractivity contribution in [1.29, 1.82) is 0 Å². The van der Waals surface area contributed by atoms with E-state index in [1.54, 1.807) is 4.90 Å². The van der Waals surface area contributed by atoms with Crippen LogP contribution in [0.5, 0.6) is 0 Å². The molecule has 3 rings (SSSR count). The summed E-state index contributed by atoms with van der Waals surface area (Å²) < 4.78 is 0. The molecule has 0 spiro atoms. The van der Waals surface area contributed by atoms with Crippen LogP contribution in [0, 0.1) is 5.41 Å². The van der Waals surface area contributed by atoms with Gasteiger partial charge in [0.2, 0.25) is 5.91 Å². The Morgan fingerprint density at radius 3 is 2.74 bits per heavy atom. The highest BCUT2D eigenvalue weighted by atomic mass is 32.1. The van der Waals surface area contributed by atoms with E-state index in [1.807, 2.05) is 0 Å². The number of carbonyl (C=O) groups excluding carboxylic acids is 2. The van der Waals surface area contributed by atoms with Crippen LogP contribution in [0.4, 0.5) is 5.13 Å². The molecule has 5 nitrogen and oxygen atoms in total. The van der Waals surface area contributed by atoms with Crippen molar-refractivity contribution in [2.75, 3.05) is 11.4 Å². The second kappa shape index (κ2) is 4.11. The lowest BCUT2D eigenvalue weighted by atomic mass is 9.78. The van der Waals surface area contributed by atoms with Crippen molar-refractivity contribution in [1.82, 2.24) is 4.98 Å². The predicted octanol–water partition coefficient (Wildman–Crippen LogP) is 1.36. The SMILES string of the molecule is CC1(C)CC(=O)c2sc(N3CC(N)CC3=O)nc2C1. The number of Topliss-reactive ketones (excluding diaryl/α,β-unsaturated/α-hetero) is 1. The van der Waals surface area contributed by atoms with Gasteiger partial charge in [0.05, 0.1) is 10.6 Å². The minimum atomic E-state index is -0.124. The van der Waals surface area contributed by atoms with Gasteiger partial charge in [-0.05, 0) is 11.8 Å². The molecule has 1 aromatic rings. The van der Waals surface area contributed by atoms with Crippen LogP contribution in [0.15, 0.2) is 0 Å². The number of ketones is 1. The van der Waals surface area contributed by atoms with Crippen molar-refractivity contribution in [2.45, 2.75) is 39.2 Å². The van der Waals surface area contributed by atoms with Gasteiger partial charge in [0.25, 0.3) is 0 Å². The van der Waals surface area contributed by atoms with Gasteiger partial charge in [-0.2, -0.15) is 0 Å². The van der Waals surface area contributed by atoms with Crippen LogP contribution in [-0.2, 0) is 11.2 Å². The van der Waals surface area contributed by atoms with Crippen molar-refractivity contribution >= 4 is 28.2 Å². The first-order valence-electron chi connectivity index (χ1n) is 6.44. The van der Waals surface area contributed by atoms with E-state index in [0.29, 0.717) is 24.5 Å². The largest absolute Gasteiger partial charge is 0.326 e. The molecule has 0 bridgehead atoms. The number of fused-ring (bicyclic) bond motifs is 1. The number of rotatable bonds is 1. The predicted molar refractivity (Wildman–Crippen MR) is 73.5 cm³/mol. The van der Waals surface area contributed by atoms with E-state index in [4.69, 9.17) is 5.73 Å². The molecule has 2 N–H and O–H groups in total. The zero-order chi connectivity index (χ0) is 13.8. The monoisotopic (exact) mass is 279 g/mol. The Morgan fingerprint density at radius 2 is 2.11 bits per heavy atom. The zero-order valence-corrected chi connectivity index (χ0v) is 11.9. The number of hydrogen-bond donors (Lipinski definition) is 1. The van der Waals surface area contributed by atoms with Crippen LogP contribution < -0.4 is 10.6 Å². The van der Waals surface area contributed by atoms with E-state index >= 15 is 0 Å². The molecule has 6 heteroatoms. The first-order chi connectivity index (χ1) is 8.85. The molecule has 1 aromatic heterocycles. The molecule has 102 valence electrons. The summed E-state index contributed by atoms with van der Waals surface area (Å²) in [5, 5.41) is 0.633. The van der Waals surface area contributed by atoms with Crippen LogP contribution in [-0.4, -0.2) is 29.3 Å². The van der Waals surface area contributed by atoms with Crippen molar-refractivity contribution < 1.29 is 9.59 Å². The molecule has 1 fully saturated rings. The summed E-state index contributed by atoms with van der Waals surface area (Å²) >= 11 is 1.34. The molecule has 1 unspecified atom stereocenters. The average molecular weight is 279 g/mol. The van der Waals surface area contributed by atoms with Gasteiger partial charge in [-0.3, -0.25) is 14.5 Å². The minimum Gasteiger partial charge on any atom is -0.326 e. The van der Waals surface area contributed by atoms with Crippen molar-refractivity contribution in [3.05, 3.63) is 10.6 Å². The third-order valence-corrected chi connectivity index (χ3v) is 4.77. The minimum absolute atomic E-state index is 0.00491. The first kappa shape index (κ1) is 12.7. The zero-order valence-electron chi connectivity index (χ0n) is 11.1. The molecular weight excluding hydrogens is 262 g/mol. The number of thiazole rings is 1. The fraction of sp³-hybridized carbons (Fsp3) is 0.615. The van der Waals surface area contributed by atoms with Crippen molar-refractivity contribution in [3.8, 4) is 0 Å². The highest BCUT2D eigenvalue weighted by Gasteiger charge is 2.36. The lowest BCUT2D eigenvalue weighted by Gasteiger charge is -2.26. The maximum atomic E-state index is 12.1. The Labute approximate surface area is 115 Å². The van der Waals surface area contributed by atoms with E-state index in [2.05, 4.69) is 18.8 Å². The van der Waals surface area contributed by atoms with Gasteiger partial charge in [-0.25, -0.2) is 4.98 Å². The smallest absolute Gasteiger partial charge is 0.230 e. The van der Waals surface area contributed by atoms with E-state index in [0.717, 1.165) is 17.0 Å². The fourth-order valence-corrected chi connectivity index (χ4v) is 3.79. The summed E-state index contributed by atoms with van der Waals surface area (Å²) in [4.78, 5) is 30.8.